The number of aromatic nitrogens is 3. The van der Waals surface area contributed by atoms with Crippen LogP contribution in [0.5, 0.6) is 0 Å². The molecule has 0 amide bonds. The first-order valence-electron chi connectivity index (χ1n) is 7.50. The average molecular weight is 267 g/mol. The molecule has 0 unspecified atom stereocenters. The highest BCUT2D eigenvalue weighted by atomic mass is 15.4. The van der Waals surface area contributed by atoms with Gasteiger partial charge in [0.05, 0.1) is 11.8 Å². The Morgan fingerprint density at radius 2 is 1.70 bits per heavy atom. The van der Waals surface area contributed by atoms with Crippen LogP contribution < -0.4 is 0 Å². The third kappa shape index (κ3) is 1.59. The molecule has 4 aliphatic carbocycles. The summed E-state index contributed by atoms with van der Waals surface area (Å²) in [5, 5.41) is 26.3. The summed E-state index contributed by atoms with van der Waals surface area (Å²) in [4.78, 5) is 0. The molecule has 4 bridgehead atoms. The predicted molar refractivity (Wildman–Crippen MR) is 70.1 cm³/mol. The lowest BCUT2D eigenvalue weighted by atomic mass is 9.51. The Morgan fingerprint density at radius 1 is 1.05 bits per heavy atom. The fourth-order valence-corrected chi connectivity index (χ4v) is 5.29. The van der Waals surface area contributed by atoms with Gasteiger partial charge in [0.1, 0.15) is 12.6 Å². The van der Waals surface area contributed by atoms with E-state index in [-0.39, 0.29) is 6.54 Å². The molecule has 5 rings (SSSR count). The monoisotopic (exact) mass is 267 g/mol. The highest BCUT2D eigenvalue weighted by molar-refractivity contribution is 5.31. The molecule has 1 heterocycles. The molecule has 5 nitrogen and oxygen atoms in total. The van der Waals surface area contributed by atoms with Crippen LogP contribution >= 0.6 is 0 Å². The lowest BCUT2D eigenvalue weighted by molar-refractivity contribution is -0.00556. The van der Waals surface area contributed by atoms with Crippen LogP contribution in [0.4, 0.5) is 0 Å². The lowest BCUT2D eigenvalue weighted by Gasteiger charge is -2.54. The van der Waals surface area contributed by atoms with Gasteiger partial charge in [-0.1, -0.05) is 5.21 Å². The van der Waals surface area contributed by atoms with E-state index in [4.69, 9.17) is 5.26 Å². The van der Waals surface area contributed by atoms with Crippen LogP contribution in [0.15, 0.2) is 0 Å². The van der Waals surface area contributed by atoms with E-state index in [1.165, 1.54) is 32.1 Å². The van der Waals surface area contributed by atoms with E-state index in [0.717, 1.165) is 17.5 Å². The van der Waals surface area contributed by atoms with E-state index < -0.39 is 0 Å². The molecule has 4 aliphatic rings. The van der Waals surface area contributed by atoms with E-state index >= 15 is 0 Å². The van der Waals surface area contributed by atoms with Crippen molar-refractivity contribution in [2.75, 3.05) is 0 Å². The van der Waals surface area contributed by atoms with Crippen LogP contribution in [0.3, 0.4) is 0 Å². The summed E-state index contributed by atoms with van der Waals surface area (Å²) in [5.41, 5.74) is 1.39. The number of nitrogens with zero attached hydrogens (tertiary/aromatic N) is 5. The van der Waals surface area contributed by atoms with E-state index in [9.17, 15) is 5.26 Å². The van der Waals surface area contributed by atoms with Gasteiger partial charge in [0, 0.05) is 5.92 Å². The molecule has 5 heteroatoms. The van der Waals surface area contributed by atoms with Crippen LogP contribution in [0.25, 0.3) is 0 Å². The zero-order valence-corrected chi connectivity index (χ0v) is 11.4. The first-order chi connectivity index (χ1) is 9.80. The molecular formula is C15H17N5. The van der Waals surface area contributed by atoms with Gasteiger partial charge in [-0.15, -0.1) is 5.10 Å². The topological polar surface area (TPSA) is 78.3 Å². The molecule has 4 saturated carbocycles. The van der Waals surface area contributed by atoms with Crippen molar-refractivity contribution in [1.82, 2.24) is 15.0 Å². The van der Waals surface area contributed by atoms with Crippen molar-refractivity contribution in [3.05, 3.63) is 11.4 Å². The molecular weight excluding hydrogens is 250 g/mol. The molecule has 0 spiro atoms. The van der Waals surface area contributed by atoms with Crippen molar-refractivity contribution >= 4 is 0 Å². The Balaban J connectivity index is 1.76. The molecule has 0 radical (unpaired) electrons. The summed E-state index contributed by atoms with van der Waals surface area (Å²) in [7, 11) is 0. The molecule has 0 N–H and O–H groups in total. The number of rotatable bonds is 2. The Kier molecular flexibility index (Phi) is 2.57. The van der Waals surface area contributed by atoms with Gasteiger partial charge in [-0.3, -0.25) is 0 Å². The zero-order chi connectivity index (χ0) is 13.7. The van der Waals surface area contributed by atoms with Gasteiger partial charge in [-0.05, 0) is 55.8 Å². The van der Waals surface area contributed by atoms with E-state index in [2.05, 4.69) is 22.5 Å². The number of hydrogen-bond donors (Lipinski definition) is 0. The minimum absolute atomic E-state index is 0.201. The van der Waals surface area contributed by atoms with Gasteiger partial charge >= 0.3 is 0 Å². The standard InChI is InChI=1S/C15H17N5/c16-1-2-20-15(13(8-17)18-19-20)14-11-4-9-3-10(6-11)7-12(14)5-9/h9-12,14H,2-7H2. The normalized spacial score (nSPS) is 37.6. The second-order valence-electron chi connectivity index (χ2n) is 6.71. The Labute approximate surface area is 118 Å². The minimum atomic E-state index is 0.201. The summed E-state index contributed by atoms with van der Waals surface area (Å²) < 4.78 is 1.67. The quantitative estimate of drug-likeness (QED) is 0.823. The molecule has 0 aromatic carbocycles. The molecule has 102 valence electrons. The average Bonchev–Trinajstić information content (AvgIpc) is 2.81. The van der Waals surface area contributed by atoms with Gasteiger partial charge < -0.3 is 0 Å². The van der Waals surface area contributed by atoms with Gasteiger partial charge in [-0.2, -0.15) is 10.5 Å². The number of nitriles is 2. The molecule has 1 aromatic rings. The molecule has 0 saturated heterocycles. The van der Waals surface area contributed by atoms with Gasteiger partial charge in [0.15, 0.2) is 5.69 Å². The van der Waals surface area contributed by atoms with E-state index in [0.29, 0.717) is 23.4 Å². The summed E-state index contributed by atoms with van der Waals surface area (Å²) in [5.74, 6) is 3.56. The van der Waals surface area contributed by atoms with Crippen molar-refractivity contribution in [2.24, 2.45) is 23.7 Å². The highest BCUT2D eigenvalue weighted by Gasteiger charge is 2.50. The van der Waals surface area contributed by atoms with E-state index in [1.54, 1.807) is 4.68 Å². The smallest absolute Gasteiger partial charge is 0.186 e. The Morgan fingerprint density at radius 3 is 2.25 bits per heavy atom. The van der Waals surface area contributed by atoms with Crippen LogP contribution in [-0.2, 0) is 6.54 Å². The maximum absolute atomic E-state index is 9.31. The fraction of sp³-hybridized carbons (Fsp3) is 0.733. The fourth-order valence-electron chi connectivity index (χ4n) is 5.29. The summed E-state index contributed by atoms with van der Waals surface area (Å²) in [6, 6.07) is 4.31. The van der Waals surface area contributed by atoms with Crippen molar-refractivity contribution in [3.63, 3.8) is 0 Å². The maximum atomic E-state index is 9.31. The van der Waals surface area contributed by atoms with Crippen molar-refractivity contribution in [3.8, 4) is 12.1 Å². The van der Waals surface area contributed by atoms with Crippen LogP contribution in [0, 0.1) is 46.3 Å². The number of hydrogen-bond acceptors (Lipinski definition) is 4. The summed E-state index contributed by atoms with van der Waals surface area (Å²) >= 11 is 0. The third-order valence-electron chi connectivity index (χ3n) is 5.64. The lowest BCUT2D eigenvalue weighted by Crippen LogP contribution is -2.44. The summed E-state index contributed by atoms with van der Waals surface area (Å²) in [6.45, 7) is 0.201. The zero-order valence-electron chi connectivity index (χ0n) is 11.4. The van der Waals surface area contributed by atoms with Crippen LogP contribution in [0.1, 0.15) is 49.4 Å². The first kappa shape index (κ1) is 11.9. The van der Waals surface area contributed by atoms with Crippen LogP contribution in [0.2, 0.25) is 0 Å². The van der Waals surface area contributed by atoms with Crippen molar-refractivity contribution in [2.45, 2.75) is 44.6 Å². The predicted octanol–water partition coefficient (Wildman–Crippen LogP) is 2.21. The second kappa shape index (κ2) is 4.31. The summed E-state index contributed by atoms with van der Waals surface area (Å²) in [6.07, 6.45) is 6.58. The third-order valence-corrected chi connectivity index (χ3v) is 5.64. The highest BCUT2D eigenvalue weighted by Crippen LogP contribution is 2.59. The maximum Gasteiger partial charge on any atom is 0.186 e. The van der Waals surface area contributed by atoms with Gasteiger partial charge in [0.2, 0.25) is 0 Å². The second-order valence-corrected chi connectivity index (χ2v) is 6.71. The largest absolute Gasteiger partial charge is 0.233 e. The molecule has 0 atom stereocenters. The van der Waals surface area contributed by atoms with Gasteiger partial charge in [-0.25, -0.2) is 4.68 Å². The van der Waals surface area contributed by atoms with Crippen molar-refractivity contribution < 1.29 is 0 Å². The Hall–Kier alpha value is -1.88. The van der Waals surface area contributed by atoms with Gasteiger partial charge in [0.25, 0.3) is 0 Å². The van der Waals surface area contributed by atoms with Crippen LogP contribution in [-0.4, -0.2) is 15.0 Å². The first-order valence-corrected chi connectivity index (χ1v) is 7.50. The SMILES string of the molecule is N#CCn1nnc(C#N)c1C1C2CC3CC(C2)CC1C3. The minimum Gasteiger partial charge on any atom is -0.233 e. The van der Waals surface area contributed by atoms with Crippen molar-refractivity contribution in [1.29, 1.82) is 10.5 Å². The molecule has 1 aromatic heterocycles. The molecule has 20 heavy (non-hydrogen) atoms. The van der Waals surface area contributed by atoms with E-state index in [1.807, 2.05) is 0 Å². The Bertz CT molecular complexity index is 589. The molecule has 4 fully saturated rings. The molecule has 0 aliphatic heterocycles.